The van der Waals surface area contributed by atoms with E-state index in [1.54, 1.807) is 12.1 Å². The predicted molar refractivity (Wildman–Crippen MR) is 124 cm³/mol. The highest BCUT2D eigenvalue weighted by Gasteiger charge is 2.21. The van der Waals surface area contributed by atoms with Crippen LogP contribution in [0.15, 0.2) is 78.9 Å². The van der Waals surface area contributed by atoms with Gasteiger partial charge in [-0.25, -0.2) is 0 Å². The fourth-order valence-electron chi connectivity index (χ4n) is 3.64. The molecule has 4 rings (SSSR count). The molecule has 3 aromatic carbocycles. The van der Waals surface area contributed by atoms with Crippen molar-refractivity contribution in [2.24, 2.45) is 0 Å². The molecule has 1 heterocycles. The van der Waals surface area contributed by atoms with Crippen LogP contribution in [0.2, 0.25) is 0 Å². The van der Waals surface area contributed by atoms with Crippen molar-refractivity contribution >= 4 is 28.9 Å². The van der Waals surface area contributed by atoms with E-state index in [0.29, 0.717) is 23.0 Å². The number of carbonyl (C=O) groups is 1. The van der Waals surface area contributed by atoms with Gasteiger partial charge >= 0.3 is 0 Å². The molecule has 0 atom stereocenters. The number of hydrogen-bond acceptors (Lipinski definition) is 3. The van der Waals surface area contributed by atoms with Gasteiger partial charge in [0.2, 0.25) is 0 Å². The molecule has 1 aliphatic heterocycles. The average Bonchev–Trinajstić information content (AvgIpc) is 2.79. The van der Waals surface area contributed by atoms with E-state index in [0.717, 1.165) is 31.5 Å². The van der Waals surface area contributed by atoms with Crippen molar-refractivity contribution in [3.8, 4) is 5.75 Å². The van der Waals surface area contributed by atoms with Crippen molar-refractivity contribution in [1.29, 1.82) is 0 Å². The smallest absolute Gasteiger partial charge is 0.257 e. The van der Waals surface area contributed by atoms with Crippen LogP contribution >= 0.6 is 12.2 Å². The zero-order valence-electron chi connectivity index (χ0n) is 16.7. The number of fused-ring (bicyclic) bond motifs is 1. The minimum absolute atomic E-state index is 0.225. The first kappa shape index (κ1) is 20.1. The van der Waals surface area contributed by atoms with E-state index in [-0.39, 0.29) is 5.91 Å². The number of ether oxygens (including phenoxy) is 1. The lowest BCUT2D eigenvalue weighted by Crippen LogP contribution is -2.45. The molecule has 0 aliphatic carbocycles. The van der Waals surface area contributed by atoms with Gasteiger partial charge in [-0.15, -0.1) is 0 Å². The Balaban J connectivity index is 1.37. The van der Waals surface area contributed by atoms with Gasteiger partial charge in [0.25, 0.3) is 5.91 Å². The molecule has 4 nitrogen and oxygen atoms in total. The van der Waals surface area contributed by atoms with Gasteiger partial charge in [-0.1, -0.05) is 54.6 Å². The van der Waals surface area contributed by atoms with Crippen LogP contribution in [0, 0.1) is 0 Å². The van der Waals surface area contributed by atoms with Crippen molar-refractivity contribution in [1.82, 2.24) is 5.32 Å². The molecule has 1 aliphatic rings. The maximum atomic E-state index is 12.8. The lowest BCUT2D eigenvalue weighted by atomic mass is 10.0. The molecular weight excluding hydrogens is 392 g/mol. The van der Waals surface area contributed by atoms with Crippen LogP contribution in [-0.2, 0) is 12.8 Å². The summed E-state index contributed by atoms with van der Waals surface area (Å²) in [6, 6.07) is 25.6. The van der Waals surface area contributed by atoms with Crippen LogP contribution in [0.4, 0.5) is 5.69 Å². The van der Waals surface area contributed by atoms with E-state index in [1.165, 1.54) is 11.1 Å². The number of nitrogens with zero attached hydrogens (tertiary/aromatic N) is 1. The second-order valence-electron chi connectivity index (χ2n) is 7.26. The number of para-hydroxylation sites is 1. The van der Waals surface area contributed by atoms with Crippen molar-refractivity contribution < 1.29 is 9.53 Å². The molecule has 0 spiro atoms. The zero-order chi connectivity index (χ0) is 20.8. The first-order valence-electron chi connectivity index (χ1n) is 10.2. The highest BCUT2D eigenvalue weighted by atomic mass is 32.1. The van der Waals surface area contributed by atoms with E-state index in [2.05, 4.69) is 23.5 Å². The maximum Gasteiger partial charge on any atom is 0.257 e. The third kappa shape index (κ3) is 4.86. The number of nitrogens with one attached hydrogen (secondary N) is 1. The highest BCUT2D eigenvalue weighted by Crippen LogP contribution is 2.26. The molecular formula is C25H24N2O2S. The van der Waals surface area contributed by atoms with Crippen LogP contribution in [0.3, 0.4) is 0 Å². The SMILES string of the molecule is O=C(NC(=S)N1CCCc2ccccc21)c1cccc(OCCc2ccccc2)c1. The summed E-state index contributed by atoms with van der Waals surface area (Å²) in [6.45, 7) is 1.36. The Morgan fingerprint density at radius 3 is 2.67 bits per heavy atom. The Morgan fingerprint density at radius 2 is 1.80 bits per heavy atom. The maximum absolute atomic E-state index is 12.8. The molecule has 0 bridgehead atoms. The zero-order valence-corrected chi connectivity index (χ0v) is 17.5. The average molecular weight is 417 g/mol. The van der Waals surface area contributed by atoms with Crippen molar-refractivity contribution in [2.45, 2.75) is 19.3 Å². The number of rotatable bonds is 5. The standard InChI is InChI=1S/C25H24N2O2S/c28-24(26-25(30)27-16-7-12-20-10-4-5-14-23(20)27)21-11-6-13-22(18-21)29-17-15-19-8-2-1-3-9-19/h1-6,8-11,13-14,18H,7,12,15-17H2,(H,26,28,30). The quantitative estimate of drug-likeness (QED) is 0.608. The van der Waals surface area contributed by atoms with Crippen LogP contribution in [0.1, 0.15) is 27.9 Å². The predicted octanol–water partition coefficient (Wildman–Crippen LogP) is 4.78. The number of amides is 1. The van der Waals surface area contributed by atoms with Gasteiger partial charge in [0.05, 0.1) is 6.61 Å². The molecule has 1 N–H and O–H groups in total. The molecule has 0 aromatic heterocycles. The molecule has 152 valence electrons. The van der Waals surface area contributed by atoms with Crippen LogP contribution in [0.5, 0.6) is 5.75 Å². The first-order valence-corrected chi connectivity index (χ1v) is 10.6. The van der Waals surface area contributed by atoms with Crippen molar-refractivity contribution in [2.75, 3.05) is 18.1 Å². The Bertz CT molecular complexity index is 1040. The summed E-state index contributed by atoms with van der Waals surface area (Å²) in [5.74, 6) is 0.449. The number of hydrogen-bond donors (Lipinski definition) is 1. The Labute approximate surface area is 182 Å². The molecule has 5 heteroatoms. The molecule has 3 aromatic rings. The van der Waals surface area contributed by atoms with Crippen molar-refractivity contribution in [3.05, 3.63) is 95.6 Å². The second-order valence-corrected chi connectivity index (χ2v) is 7.64. The third-order valence-corrected chi connectivity index (χ3v) is 5.50. The van der Waals surface area contributed by atoms with E-state index in [9.17, 15) is 4.79 Å². The first-order chi connectivity index (χ1) is 14.7. The van der Waals surface area contributed by atoms with Gasteiger partial charge in [-0.3, -0.25) is 10.1 Å². The number of benzene rings is 3. The van der Waals surface area contributed by atoms with E-state index < -0.39 is 0 Å². The third-order valence-electron chi connectivity index (χ3n) is 5.17. The molecule has 0 radical (unpaired) electrons. The fourth-order valence-corrected chi connectivity index (χ4v) is 3.92. The Hall–Kier alpha value is -3.18. The topological polar surface area (TPSA) is 41.6 Å². The molecule has 0 saturated heterocycles. The van der Waals surface area contributed by atoms with Gasteiger partial charge in [-0.05, 0) is 60.5 Å². The monoisotopic (exact) mass is 416 g/mol. The normalized spacial score (nSPS) is 12.7. The lowest BCUT2D eigenvalue weighted by Gasteiger charge is -2.31. The summed E-state index contributed by atoms with van der Waals surface area (Å²) in [5.41, 5.74) is 4.08. The lowest BCUT2D eigenvalue weighted by molar-refractivity contribution is 0.0976. The summed E-state index contributed by atoms with van der Waals surface area (Å²) in [7, 11) is 0. The van der Waals surface area contributed by atoms with Gasteiger partial charge < -0.3 is 9.64 Å². The summed E-state index contributed by atoms with van der Waals surface area (Å²) < 4.78 is 5.85. The van der Waals surface area contributed by atoms with Crippen molar-refractivity contribution in [3.63, 3.8) is 0 Å². The van der Waals surface area contributed by atoms with Gasteiger partial charge in [0.1, 0.15) is 5.75 Å². The summed E-state index contributed by atoms with van der Waals surface area (Å²) in [4.78, 5) is 14.8. The minimum Gasteiger partial charge on any atom is -0.493 e. The number of aryl methyl sites for hydroxylation is 1. The number of thiocarbonyl (C=S) groups is 1. The number of carbonyl (C=O) groups excluding carboxylic acids is 1. The molecule has 0 saturated carbocycles. The molecule has 30 heavy (non-hydrogen) atoms. The van der Waals surface area contributed by atoms with Crippen LogP contribution in [0.25, 0.3) is 0 Å². The molecule has 0 fully saturated rings. The summed E-state index contributed by atoms with van der Waals surface area (Å²) >= 11 is 5.55. The molecule has 1 amide bonds. The number of anilines is 1. The Morgan fingerprint density at radius 1 is 1.00 bits per heavy atom. The summed E-state index contributed by atoms with van der Waals surface area (Å²) in [6.07, 6.45) is 2.86. The van der Waals surface area contributed by atoms with Gasteiger partial charge in [0, 0.05) is 24.2 Å². The Kier molecular flexibility index (Phi) is 6.40. The van der Waals surface area contributed by atoms with E-state index in [1.807, 2.05) is 53.4 Å². The van der Waals surface area contributed by atoms with Crippen LogP contribution < -0.4 is 15.0 Å². The largest absolute Gasteiger partial charge is 0.493 e. The fraction of sp³-hybridized carbons (Fsp3) is 0.200. The highest BCUT2D eigenvalue weighted by molar-refractivity contribution is 7.80. The van der Waals surface area contributed by atoms with E-state index >= 15 is 0 Å². The minimum atomic E-state index is -0.225. The summed E-state index contributed by atoms with van der Waals surface area (Å²) in [5, 5.41) is 3.31. The van der Waals surface area contributed by atoms with Gasteiger partial charge in [-0.2, -0.15) is 0 Å². The van der Waals surface area contributed by atoms with Gasteiger partial charge in [0.15, 0.2) is 5.11 Å². The second kappa shape index (κ2) is 9.55. The van der Waals surface area contributed by atoms with E-state index in [4.69, 9.17) is 17.0 Å². The molecule has 0 unspecified atom stereocenters. The van der Waals surface area contributed by atoms with Crippen LogP contribution in [-0.4, -0.2) is 24.2 Å².